The topological polar surface area (TPSA) is 41.1 Å². The van der Waals surface area contributed by atoms with Gasteiger partial charge < -0.3 is 10.6 Å². The van der Waals surface area contributed by atoms with Crippen LogP contribution in [0.3, 0.4) is 0 Å². The lowest BCUT2D eigenvalue weighted by molar-refractivity contribution is -0.117. The normalized spacial score (nSPS) is 16.9. The molecule has 1 aliphatic heterocycles. The monoisotopic (exact) mass is 350 g/mol. The summed E-state index contributed by atoms with van der Waals surface area (Å²) in [5.74, 6) is 0.0844. The second-order valence-electron chi connectivity index (χ2n) is 8.72. The Morgan fingerprint density at radius 1 is 1.12 bits per heavy atom. The molecular weight excluding hydrogens is 320 g/mol. The van der Waals surface area contributed by atoms with Crippen molar-refractivity contribution >= 4 is 11.6 Å². The van der Waals surface area contributed by atoms with E-state index in [9.17, 15) is 4.79 Å². The van der Waals surface area contributed by atoms with E-state index in [0.29, 0.717) is 12.5 Å². The van der Waals surface area contributed by atoms with Crippen molar-refractivity contribution in [2.45, 2.75) is 60.0 Å². The van der Waals surface area contributed by atoms with E-state index in [0.717, 1.165) is 29.8 Å². The smallest absolute Gasteiger partial charge is 0.224 e. The number of anilines is 1. The Kier molecular flexibility index (Phi) is 5.19. The first-order valence-corrected chi connectivity index (χ1v) is 9.44. The van der Waals surface area contributed by atoms with Crippen LogP contribution >= 0.6 is 0 Å². The van der Waals surface area contributed by atoms with Crippen LogP contribution in [0.4, 0.5) is 5.69 Å². The van der Waals surface area contributed by atoms with Crippen LogP contribution in [-0.2, 0) is 17.8 Å². The van der Waals surface area contributed by atoms with E-state index in [4.69, 9.17) is 0 Å². The third kappa shape index (κ3) is 4.34. The molecule has 3 nitrogen and oxygen atoms in total. The van der Waals surface area contributed by atoms with Crippen LogP contribution in [0.15, 0.2) is 36.4 Å². The van der Waals surface area contributed by atoms with Crippen LogP contribution < -0.4 is 10.6 Å². The zero-order chi connectivity index (χ0) is 18.9. The molecule has 1 unspecified atom stereocenters. The van der Waals surface area contributed by atoms with Crippen molar-refractivity contribution in [3.63, 3.8) is 0 Å². The maximum Gasteiger partial charge on any atom is 0.224 e. The Morgan fingerprint density at radius 2 is 1.73 bits per heavy atom. The molecular formula is C23H30N2O. The van der Waals surface area contributed by atoms with Gasteiger partial charge in [0.2, 0.25) is 5.91 Å². The van der Waals surface area contributed by atoms with Crippen molar-refractivity contribution in [1.82, 2.24) is 5.32 Å². The minimum absolute atomic E-state index is 0.00869. The van der Waals surface area contributed by atoms with Gasteiger partial charge >= 0.3 is 0 Å². The van der Waals surface area contributed by atoms with Gasteiger partial charge in [0, 0.05) is 24.7 Å². The molecule has 0 saturated heterocycles. The quantitative estimate of drug-likeness (QED) is 0.812. The third-order valence-electron chi connectivity index (χ3n) is 4.99. The summed E-state index contributed by atoms with van der Waals surface area (Å²) < 4.78 is 0. The highest BCUT2D eigenvalue weighted by atomic mass is 16.1. The van der Waals surface area contributed by atoms with Gasteiger partial charge in [-0.15, -0.1) is 0 Å². The Morgan fingerprint density at radius 3 is 2.35 bits per heavy atom. The summed E-state index contributed by atoms with van der Waals surface area (Å²) in [5.41, 5.74) is 7.32. The van der Waals surface area contributed by atoms with Gasteiger partial charge in [0.25, 0.3) is 0 Å². The number of carbonyl (C=O) groups is 1. The minimum atomic E-state index is -0.00869. The summed E-state index contributed by atoms with van der Waals surface area (Å²) in [4.78, 5) is 12.3. The Labute approximate surface area is 157 Å². The first kappa shape index (κ1) is 18.7. The van der Waals surface area contributed by atoms with Crippen molar-refractivity contribution in [1.29, 1.82) is 0 Å². The van der Waals surface area contributed by atoms with Gasteiger partial charge in [-0.05, 0) is 53.5 Å². The van der Waals surface area contributed by atoms with Gasteiger partial charge in [-0.1, -0.05) is 57.2 Å². The van der Waals surface area contributed by atoms with Crippen molar-refractivity contribution in [3.05, 3.63) is 64.2 Å². The molecule has 0 aliphatic carbocycles. The van der Waals surface area contributed by atoms with E-state index in [1.165, 1.54) is 16.7 Å². The van der Waals surface area contributed by atoms with Gasteiger partial charge in [-0.3, -0.25) is 4.79 Å². The average molecular weight is 351 g/mol. The van der Waals surface area contributed by atoms with Crippen LogP contribution in [-0.4, -0.2) is 5.91 Å². The highest BCUT2D eigenvalue weighted by molar-refractivity contribution is 5.92. The van der Waals surface area contributed by atoms with E-state index in [1.807, 2.05) is 0 Å². The zero-order valence-corrected chi connectivity index (χ0v) is 16.6. The van der Waals surface area contributed by atoms with Crippen molar-refractivity contribution < 1.29 is 4.79 Å². The fraction of sp³-hybridized carbons (Fsp3) is 0.435. The zero-order valence-electron chi connectivity index (χ0n) is 16.6. The molecule has 2 aromatic rings. The fourth-order valence-electron chi connectivity index (χ4n) is 3.75. The molecule has 1 atom stereocenters. The Balaban J connectivity index is 1.79. The van der Waals surface area contributed by atoms with Gasteiger partial charge in [0.05, 0.1) is 0 Å². The first-order chi connectivity index (χ1) is 12.2. The number of nitrogens with one attached hydrogen (secondary N) is 2. The molecule has 0 spiro atoms. The number of aryl methyl sites for hydroxylation is 2. The Hall–Kier alpha value is -2.13. The van der Waals surface area contributed by atoms with E-state index >= 15 is 0 Å². The predicted octanol–water partition coefficient (Wildman–Crippen LogP) is 5.07. The number of rotatable bonds is 3. The van der Waals surface area contributed by atoms with Crippen LogP contribution in [0.5, 0.6) is 0 Å². The average Bonchev–Trinajstić information content (AvgIpc) is 2.56. The summed E-state index contributed by atoms with van der Waals surface area (Å²) >= 11 is 0. The molecule has 26 heavy (non-hydrogen) atoms. The first-order valence-electron chi connectivity index (χ1n) is 9.44. The molecule has 0 bridgehead atoms. The van der Waals surface area contributed by atoms with Crippen LogP contribution in [0.1, 0.15) is 61.1 Å². The summed E-state index contributed by atoms with van der Waals surface area (Å²) in [5, 5.41) is 6.77. The van der Waals surface area contributed by atoms with Crippen LogP contribution in [0, 0.1) is 19.3 Å². The summed E-state index contributed by atoms with van der Waals surface area (Å²) in [6.07, 6.45) is 1.53. The summed E-state index contributed by atoms with van der Waals surface area (Å²) in [7, 11) is 0. The maximum absolute atomic E-state index is 12.3. The highest BCUT2D eigenvalue weighted by Gasteiger charge is 2.21. The van der Waals surface area contributed by atoms with Crippen molar-refractivity contribution in [3.8, 4) is 0 Å². The molecule has 2 N–H and O–H groups in total. The number of hydrogen-bond donors (Lipinski definition) is 2. The lowest BCUT2D eigenvalue weighted by Gasteiger charge is -2.28. The van der Waals surface area contributed by atoms with E-state index < -0.39 is 0 Å². The third-order valence-corrected chi connectivity index (χ3v) is 4.99. The molecule has 1 heterocycles. The summed E-state index contributed by atoms with van der Waals surface area (Å²) in [6.45, 7) is 11.3. The van der Waals surface area contributed by atoms with E-state index in [-0.39, 0.29) is 11.3 Å². The van der Waals surface area contributed by atoms with Crippen molar-refractivity contribution in [2.75, 3.05) is 5.32 Å². The largest absolute Gasteiger partial charge is 0.326 e. The van der Waals surface area contributed by atoms with Crippen molar-refractivity contribution in [2.24, 2.45) is 5.41 Å². The molecule has 2 aromatic carbocycles. The van der Waals surface area contributed by atoms with E-state index in [1.54, 1.807) is 0 Å². The lowest BCUT2D eigenvalue weighted by atomic mass is 9.89. The fourth-order valence-corrected chi connectivity index (χ4v) is 3.75. The maximum atomic E-state index is 12.3. The lowest BCUT2D eigenvalue weighted by Crippen LogP contribution is -2.28. The van der Waals surface area contributed by atoms with Crippen LogP contribution in [0.2, 0.25) is 0 Å². The minimum Gasteiger partial charge on any atom is -0.326 e. The summed E-state index contributed by atoms with van der Waals surface area (Å²) in [6, 6.07) is 13.4. The SMILES string of the molecule is Cc1cc(C2Cc3ccccc3CN2)cc(C)c1NC(=O)CC(C)(C)C. The van der Waals surface area contributed by atoms with Crippen LogP contribution in [0.25, 0.3) is 0 Å². The number of hydrogen-bond acceptors (Lipinski definition) is 2. The number of fused-ring (bicyclic) bond motifs is 1. The van der Waals surface area contributed by atoms with Gasteiger partial charge in [0.15, 0.2) is 0 Å². The van der Waals surface area contributed by atoms with Gasteiger partial charge in [-0.2, -0.15) is 0 Å². The molecule has 3 heteroatoms. The molecule has 0 fully saturated rings. The molecule has 0 saturated carbocycles. The molecule has 0 aromatic heterocycles. The standard InChI is InChI=1S/C23H30N2O/c1-15-10-19(20-12-17-8-6-7-9-18(17)14-24-20)11-16(2)22(15)25-21(26)13-23(3,4)5/h6-11,20,24H,12-14H2,1-5H3,(H,25,26). The van der Waals surface area contributed by atoms with Gasteiger partial charge in [-0.25, -0.2) is 0 Å². The number of amides is 1. The number of benzene rings is 2. The molecule has 1 aliphatic rings. The highest BCUT2D eigenvalue weighted by Crippen LogP contribution is 2.31. The number of carbonyl (C=O) groups excluding carboxylic acids is 1. The van der Waals surface area contributed by atoms with E-state index in [2.05, 4.69) is 81.7 Å². The molecule has 1 amide bonds. The van der Waals surface area contributed by atoms with Gasteiger partial charge in [0.1, 0.15) is 0 Å². The molecule has 3 rings (SSSR count). The predicted molar refractivity (Wildman–Crippen MR) is 108 cm³/mol. The second kappa shape index (κ2) is 7.24. The molecule has 138 valence electrons. The second-order valence-corrected chi connectivity index (χ2v) is 8.72. The Bertz CT molecular complexity index is 794. The molecule has 0 radical (unpaired) electrons.